The number of benzene rings is 1. The number of aromatic nitrogens is 1. The number of carbonyl (C=O) groups is 1. The first kappa shape index (κ1) is 11.1. The van der Waals surface area contributed by atoms with Gasteiger partial charge in [0.15, 0.2) is 0 Å². The van der Waals surface area contributed by atoms with Crippen molar-refractivity contribution in [3.8, 4) is 0 Å². The number of alkyl halides is 1. The number of nitrogens with zero attached hydrogens (tertiary/aromatic N) is 1. The summed E-state index contributed by atoms with van der Waals surface area (Å²) < 4.78 is 0. The first-order valence-electron chi connectivity index (χ1n) is 4.90. The molecule has 0 bridgehead atoms. The number of aryl methyl sites for hydroxylation is 1. The summed E-state index contributed by atoms with van der Waals surface area (Å²) in [5.41, 5.74) is 1.75. The van der Waals surface area contributed by atoms with Gasteiger partial charge in [0.05, 0.1) is 16.8 Å². The van der Waals surface area contributed by atoms with Crippen LogP contribution in [-0.2, 0) is 6.42 Å². The van der Waals surface area contributed by atoms with Crippen molar-refractivity contribution in [1.29, 1.82) is 0 Å². The molecule has 0 saturated carbocycles. The van der Waals surface area contributed by atoms with Crippen LogP contribution >= 0.6 is 15.9 Å². The largest absolute Gasteiger partial charge is 0.478 e. The van der Waals surface area contributed by atoms with Crippen molar-refractivity contribution in [2.45, 2.75) is 6.42 Å². The molecule has 1 N–H and O–H groups in total. The Balaban J connectivity index is 2.65. The van der Waals surface area contributed by atoms with Gasteiger partial charge < -0.3 is 5.11 Å². The number of hydrogen-bond acceptors (Lipinski definition) is 2. The van der Waals surface area contributed by atoms with Crippen LogP contribution in [0.1, 0.15) is 16.1 Å². The molecular formula is C12H10BrNO2. The lowest BCUT2D eigenvalue weighted by atomic mass is 10.1. The molecule has 1 aromatic carbocycles. The van der Waals surface area contributed by atoms with Crippen LogP contribution in [0.25, 0.3) is 10.9 Å². The van der Waals surface area contributed by atoms with Crippen molar-refractivity contribution >= 4 is 32.8 Å². The van der Waals surface area contributed by atoms with Gasteiger partial charge in [0, 0.05) is 17.1 Å². The summed E-state index contributed by atoms with van der Waals surface area (Å²) in [6.07, 6.45) is 0.618. The normalized spacial score (nSPS) is 10.6. The number of hydrogen-bond donors (Lipinski definition) is 1. The fourth-order valence-corrected chi connectivity index (χ4v) is 2.00. The van der Waals surface area contributed by atoms with E-state index in [9.17, 15) is 4.79 Å². The molecule has 0 amide bonds. The van der Waals surface area contributed by atoms with Crippen LogP contribution in [-0.4, -0.2) is 21.4 Å². The third-order valence-electron chi connectivity index (χ3n) is 2.36. The molecule has 1 heterocycles. The molecule has 0 aliphatic rings. The fraction of sp³-hybridized carbons (Fsp3) is 0.167. The fourth-order valence-electron chi connectivity index (χ4n) is 1.62. The molecule has 2 aromatic rings. The topological polar surface area (TPSA) is 50.2 Å². The van der Waals surface area contributed by atoms with Gasteiger partial charge in [-0.3, -0.25) is 4.98 Å². The monoisotopic (exact) mass is 279 g/mol. The van der Waals surface area contributed by atoms with Crippen molar-refractivity contribution in [3.63, 3.8) is 0 Å². The third-order valence-corrected chi connectivity index (χ3v) is 2.76. The molecule has 0 radical (unpaired) electrons. The second kappa shape index (κ2) is 4.61. The summed E-state index contributed by atoms with van der Waals surface area (Å²) in [6, 6.07) is 9.21. The molecule has 0 aliphatic heterocycles. The average molecular weight is 280 g/mol. The first-order chi connectivity index (χ1) is 7.72. The lowest BCUT2D eigenvalue weighted by molar-refractivity contribution is 0.0695. The van der Waals surface area contributed by atoms with Crippen molar-refractivity contribution in [2.24, 2.45) is 0 Å². The maximum Gasteiger partial charge on any atom is 0.337 e. The molecule has 0 atom stereocenters. The summed E-state index contributed by atoms with van der Waals surface area (Å²) in [5, 5.41) is 10.7. The summed E-state index contributed by atoms with van der Waals surface area (Å²) in [6.45, 7) is 0. The van der Waals surface area contributed by atoms with E-state index in [0.717, 1.165) is 10.9 Å². The number of fused-ring (bicyclic) bond motifs is 1. The number of aromatic carboxylic acids is 1. The van der Waals surface area contributed by atoms with Crippen molar-refractivity contribution in [2.75, 3.05) is 5.33 Å². The van der Waals surface area contributed by atoms with E-state index in [-0.39, 0.29) is 5.56 Å². The Morgan fingerprint density at radius 3 is 2.81 bits per heavy atom. The Morgan fingerprint density at radius 1 is 1.38 bits per heavy atom. The zero-order valence-electron chi connectivity index (χ0n) is 8.48. The molecule has 0 aliphatic carbocycles. The van der Waals surface area contributed by atoms with E-state index in [1.165, 1.54) is 0 Å². The van der Waals surface area contributed by atoms with E-state index in [1.54, 1.807) is 6.07 Å². The van der Waals surface area contributed by atoms with Crippen LogP contribution in [0.3, 0.4) is 0 Å². The number of carboxylic acids is 1. The zero-order valence-corrected chi connectivity index (χ0v) is 10.1. The highest BCUT2D eigenvalue weighted by molar-refractivity contribution is 9.09. The maximum absolute atomic E-state index is 11.1. The Hall–Kier alpha value is -1.42. The van der Waals surface area contributed by atoms with E-state index >= 15 is 0 Å². The summed E-state index contributed by atoms with van der Waals surface area (Å²) in [7, 11) is 0. The second-order valence-electron chi connectivity index (χ2n) is 3.42. The highest BCUT2D eigenvalue weighted by atomic mass is 79.9. The number of pyridine rings is 1. The van der Waals surface area contributed by atoms with Gasteiger partial charge in [-0.1, -0.05) is 34.1 Å². The molecular weight excluding hydrogens is 270 g/mol. The van der Waals surface area contributed by atoms with Gasteiger partial charge in [0.25, 0.3) is 0 Å². The van der Waals surface area contributed by atoms with E-state index in [1.807, 2.05) is 24.3 Å². The quantitative estimate of drug-likeness (QED) is 0.879. The van der Waals surface area contributed by atoms with Gasteiger partial charge in [-0.05, 0) is 12.1 Å². The van der Waals surface area contributed by atoms with E-state index < -0.39 is 5.97 Å². The van der Waals surface area contributed by atoms with Crippen LogP contribution in [0.2, 0.25) is 0 Å². The smallest absolute Gasteiger partial charge is 0.337 e. The number of rotatable bonds is 3. The van der Waals surface area contributed by atoms with Crippen LogP contribution in [0.15, 0.2) is 30.3 Å². The van der Waals surface area contributed by atoms with Crippen molar-refractivity contribution in [3.05, 3.63) is 41.6 Å². The molecule has 82 valence electrons. The van der Waals surface area contributed by atoms with Crippen LogP contribution < -0.4 is 0 Å². The first-order valence-corrected chi connectivity index (χ1v) is 6.02. The van der Waals surface area contributed by atoms with Gasteiger partial charge in [-0.2, -0.15) is 0 Å². The molecule has 4 heteroatoms. The predicted molar refractivity (Wildman–Crippen MR) is 66.2 cm³/mol. The minimum absolute atomic E-state index is 0.290. The lowest BCUT2D eigenvalue weighted by Crippen LogP contribution is -2.05. The number of para-hydroxylation sites is 1. The summed E-state index contributed by atoms with van der Waals surface area (Å²) >= 11 is 3.30. The molecule has 0 unspecified atom stereocenters. The highest BCUT2D eigenvalue weighted by Crippen LogP contribution is 2.17. The van der Waals surface area contributed by atoms with Crippen molar-refractivity contribution in [1.82, 2.24) is 4.98 Å². The predicted octanol–water partition coefficient (Wildman–Crippen LogP) is 2.87. The van der Waals surface area contributed by atoms with Crippen LogP contribution in [0, 0.1) is 0 Å². The van der Waals surface area contributed by atoms with Gasteiger partial charge in [-0.15, -0.1) is 0 Å². The van der Waals surface area contributed by atoms with Gasteiger partial charge in [0.1, 0.15) is 0 Å². The van der Waals surface area contributed by atoms with Crippen LogP contribution in [0.4, 0.5) is 0 Å². The number of carboxylic acid groups (broad SMARTS) is 1. The molecule has 0 saturated heterocycles. The minimum Gasteiger partial charge on any atom is -0.478 e. The van der Waals surface area contributed by atoms with Gasteiger partial charge in [-0.25, -0.2) is 4.79 Å². The molecule has 16 heavy (non-hydrogen) atoms. The van der Waals surface area contributed by atoms with Crippen molar-refractivity contribution < 1.29 is 9.90 Å². The molecule has 0 spiro atoms. The highest BCUT2D eigenvalue weighted by Gasteiger charge is 2.12. The molecule has 3 nitrogen and oxygen atoms in total. The Kier molecular flexibility index (Phi) is 3.19. The standard InChI is InChI=1S/C12H10BrNO2/c13-6-5-11-9(12(15)16)7-8-3-1-2-4-10(8)14-11/h1-4,7H,5-6H2,(H,15,16). The Bertz CT molecular complexity index is 540. The lowest BCUT2D eigenvalue weighted by Gasteiger charge is -2.05. The van der Waals surface area contributed by atoms with E-state index in [4.69, 9.17) is 5.11 Å². The molecule has 1 aromatic heterocycles. The Labute approximate surface area is 101 Å². The van der Waals surface area contributed by atoms with Gasteiger partial charge in [0.2, 0.25) is 0 Å². The summed E-state index contributed by atoms with van der Waals surface area (Å²) in [5.74, 6) is -0.922. The van der Waals surface area contributed by atoms with Gasteiger partial charge >= 0.3 is 5.97 Å². The summed E-state index contributed by atoms with van der Waals surface area (Å²) in [4.78, 5) is 15.5. The molecule has 0 fully saturated rings. The SMILES string of the molecule is O=C(O)c1cc2ccccc2nc1CCBr. The number of halogens is 1. The zero-order chi connectivity index (χ0) is 11.5. The maximum atomic E-state index is 11.1. The van der Waals surface area contributed by atoms with E-state index in [0.29, 0.717) is 17.4 Å². The minimum atomic E-state index is -0.922. The van der Waals surface area contributed by atoms with E-state index in [2.05, 4.69) is 20.9 Å². The second-order valence-corrected chi connectivity index (χ2v) is 4.21. The average Bonchev–Trinajstić information content (AvgIpc) is 2.28. The Morgan fingerprint density at radius 2 is 2.12 bits per heavy atom. The third kappa shape index (κ3) is 2.07. The van der Waals surface area contributed by atoms with Crippen LogP contribution in [0.5, 0.6) is 0 Å². The molecule has 2 rings (SSSR count).